The Morgan fingerprint density at radius 2 is 1.69 bits per heavy atom. The summed E-state index contributed by atoms with van der Waals surface area (Å²) >= 11 is 0. The first kappa shape index (κ1) is 18.0. The lowest BCUT2D eigenvalue weighted by Gasteiger charge is -2.26. The molecule has 1 amide bonds. The lowest BCUT2D eigenvalue weighted by Crippen LogP contribution is -2.39. The van der Waals surface area contributed by atoms with Crippen molar-refractivity contribution in [2.75, 3.05) is 13.1 Å². The summed E-state index contributed by atoms with van der Waals surface area (Å²) in [6, 6.07) is 14.2. The average Bonchev–Trinajstić information content (AvgIpc) is 2.86. The molecule has 148 valence electrons. The van der Waals surface area contributed by atoms with Crippen LogP contribution >= 0.6 is 0 Å². The van der Waals surface area contributed by atoms with Gasteiger partial charge in [-0.2, -0.15) is 0 Å². The van der Waals surface area contributed by atoms with Gasteiger partial charge in [-0.25, -0.2) is 0 Å². The first-order valence-corrected chi connectivity index (χ1v) is 10.6. The summed E-state index contributed by atoms with van der Waals surface area (Å²) in [5, 5.41) is 3.07. The Kier molecular flexibility index (Phi) is 4.84. The van der Waals surface area contributed by atoms with Crippen LogP contribution in [-0.4, -0.2) is 29.9 Å². The van der Waals surface area contributed by atoms with Crippen molar-refractivity contribution in [3.63, 3.8) is 0 Å². The van der Waals surface area contributed by atoms with Crippen LogP contribution < -0.4 is 10.1 Å². The van der Waals surface area contributed by atoms with Crippen LogP contribution in [0.5, 0.6) is 11.5 Å². The van der Waals surface area contributed by atoms with E-state index in [1.54, 1.807) is 0 Å². The van der Waals surface area contributed by atoms with Crippen LogP contribution in [0, 0.1) is 0 Å². The number of hydrogen-bond acceptors (Lipinski definition) is 3. The second kappa shape index (κ2) is 7.78. The fourth-order valence-corrected chi connectivity index (χ4v) is 4.05. The van der Waals surface area contributed by atoms with E-state index in [1.165, 1.54) is 23.2 Å². The topological polar surface area (TPSA) is 41.6 Å². The van der Waals surface area contributed by atoms with Gasteiger partial charge in [-0.15, -0.1) is 0 Å². The molecule has 1 heterocycles. The number of amides is 1. The maximum absolute atomic E-state index is 12.2. The van der Waals surface area contributed by atoms with Gasteiger partial charge in [0.2, 0.25) is 0 Å². The molecule has 29 heavy (non-hydrogen) atoms. The second-order valence-electron chi connectivity index (χ2n) is 8.10. The van der Waals surface area contributed by atoms with Gasteiger partial charge in [-0.05, 0) is 91.8 Å². The largest absolute Gasteiger partial charge is 0.457 e. The number of allylic oxidation sites excluding steroid dienone is 3. The normalized spacial score (nSPS) is 18.1. The first-order chi connectivity index (χ1) is 14.2. The number of hydrogen-bond donors (Lipinski definition) is 1. The van der Waals surface area contributed by atoms with E-state index >= 15 is 0 Å². The summed E-state index contributed by atoms with van der Waals surface area (Å²) in [7, 11) is 0. The lowest BCUT2D eigenvalue weighted by atomic mass is 9.93. The van der Waals surface area contributed by atoms with Crippen LogP contribution in [0.3, 0.4) is 0 Å². The molecule has 2 aromatic carbocycles. The molecule has 0 saturated heterocycles. The van der Waals surface area contributed by atoms with Crippen LogP contribution in [0.25, 0.3) is 0 Å². The van der Waals surface area contributed by atoms with Gasteiger partial charge in [-0.1, -0.05) is 12.1 Å². The highest BCUT2D eigenvalue weighted by Gasteiger charge is 2.20. The van der Waals surface area contributed by atoms with Crippen LogP contribution in [0.15, 0.2) is 66.4 Å². The van der Waals surface area contributed by atoms with E-state index in [1.807, 2.05) is 30.3 Å². The van der Waals surface area contributed by atoms with Gasteiger partial charge in [0.15, 0.2) is 0 Å². The molecule has 1 fully saturated rings. The SMILES string of the molecule is O=C(NC1CCC1)c1ccc(Oc2ccc3c(c2)CCN(C2=CC=C2)CC3)cc1. The van der Waals surface area contributed by atoms with Crippen LogP contribution in [0.4, 0.5) is 0 Å². The van der Waals surface area contributed by atoms with Gasteiger partial charge in [0.05, 0.1) is 0 Å². The Hall–Kier alpha value is -3.01. The molecule has 0 radical (unpaired) electrons. The summed E-state index contributed by atoms with van der Waals surface area (Å²) < 4.78 is 6.07. The number of carbonyl (C=O) groups is 1. The van der Waals surface area contributed by atoms with Gasteiger partial charge in [-0.3, -0.25) is 4.79 Å². The van der Waals surface area contributed by atoms with Crippen molar-refractivity contribution < 1.29 is 9.53 Å². The molecule has 0 aromatic heterocycles. The Balaban J connectivity index is 1.23. The van der Waals surface area contributed by atoms with Crippen molar-refractivity contribution >= 4 is 5.91 Å². The number of rotatable bonds is 5. The molecular weight excluding hydrogens is 360 g/mol. The molecule has 0 atom stereocenters. The first-order valence-electron chi connectivity index (χ1n) is 10.6. The summed E-state index contributed by atoms with van der Waals surface area (Å²) in [5.41, 5.74) is 4.80. The van der Waals surface area contributed by atoms with E-state index in [2.05, 4.69) is 40.6 Å². The van der Waals surface area contributed by atoms with Crippen LogP contribution in [0.2, 0.25) is 0 Å². The van der Waals surface area contributed by atoms with Crippen LogP contribution in [0.1, 0.15) is 40.7 Å². The smallest absolute Gasteiger partial charge is 0.251 e. The molecule has 0 bridgehead atoms. The molecule has 5 rings (SSSR count). The molecule has 0 spiro atoms. The molecule has 4 nitrogen and oxygen atoms in total. The van der Waals surface area contributed by atoms with E-state index in [0.717, 1.165) is 50.3 Å². The zero-order valence-electron chi connectivity index (χ0n) is 16.6. The second-order valence-corrected chi connectivity index (χ2v) is 8.10. The Morgan fingerprint density at radius 3 is 2.34 bits per heavy atom. The fourth-order valence-electron chi connectivity index (χ4n) is 4.05. The number of carbonyl (C=O) groups excluding carboxylic acids is 1. The van der Waals surface area contributed by atoms with E-state index in [0.29, 0.717) is 11.6 Å². The number of nitrogens with one attached hydrogen (secondary N) is 1. The Morgan fingerprint density at radius 1 is 0.966 bits per heavy atom. The third-order valence-electron chi connectivity index (χ3n) is 6.17. The molecule has 4 heteroatoms. The predicted octanol–water partition coefficient (Wildman–Crippen LogP) is 4.62. The minimum Gasteiger partial charge on any atom is -0.457 e. The fraction of sp³-hybridized carbons (Fsp3) is 0.320. The number of nitrogens with zero attached hydrogens (tertiary/aromatic N) is 1. The lowest BCUT2D eigenvalue weighted by molar-refractivity contribution is 0.0917. The Bertz CT molecular complexity index is 971. The van der Waals surface area contributed by atoms with E-state index in [9.17, 15) is 4.79 Å². The van der Waals surface area contributed by atoms with E-state index in [4.69, 9.17) is 4.74 Å². The standard InChI is InChI=1S/C25H26N2O2/c28-25(26-21-3-1-4-21)19-8-10-23(11-9-19)29-24-12-7-18-13-15-27(22-5-2-6-22)16-14-20(18)17-24/h2,5-12,17,21H,1,3-4,13-16H2,(H,26,28). The van der Waals surface area contributed by atoms with Gasteiger partial charge >= 0.3 is 0 Å². The third kappa shape index (κ3) is 3.93. The van der Waals surface area contributed by atoms with Gasteiger partial charge in [0.25, 0.3) is 5.91 Å². The van der Waals surface area contributed by atoms with Gasteiger partial charge in [0.1, 0.15) is 11.5 Å². The monoisotopic (exact) mass is 386 g/mol. The zero-order valence-corrected chi connectivity index (χ0v) is 16.6. The number of benzene rings is 2. The van der Waals surface area contributed by atoms with E-state index < -0.39 is 0 Å². The molecule has 2 aromatic rings. The van der Waals surface area contributed by atoms with Crippen molar-refractivity contribution in [1.82, 2.24) is 10.2 Å². The highest BCUT2D eigenvalue weighted by Crippen LogP contribution is 2.28. The summed E-state index contributed by atoms with van der Waals surface area (Å²) in [5.74, 6) is 1.61. The van der Waals surface area contributed by atoms with Crippen molar-refractivity contribution in [3.05, 3.63) is 83.1 Å². The van der Waals surface area contributed by atoms with E-state index in [-0.39, 0.29) is 5.91 Å². The molecule has 1 N–H and O–H groups in total. The average molecular weight is 386 g/mol. The predicted molar refractivity (Wildman–Crippen MR) is 114 cm³/mol. The summed E-state index contributed by atoms with van der Waals surface area (Å²) in [6.45, 7) is 2.10. The summed E-state index contributed by atoms with van der Waals surface area (Å²) in [6.07, 6.45) is 12.0. The minimum absolute atomic E-state index is 0.00672. The van der Waals surface area contributed by atoms with Crippen molar-refractivity contribution in [3.8, 4) is 11.5 Å². The number of ether oxygens (including phenoxy) is 1. The maximum atomic E-state index is 12.2. The summed E-state index contributed by atoms with van der Waals surface area (Å²) in [4.78, 5) is 14.7. The minimum atomic E-state index is 0.00672. The molecular formula is C25H26N2O2. The molecule has 2 aliphatic carbocycles. The van der Waals surface area contributed by atoms with Gasteiger partial charge < -0.3 is 15.0 Å². The van der Waals surface area contributed by atoms with Crippen LogP contribution in [-0.2, 0) is 12.8 Å². The molecule has 1 saturated carbocycles. The maximum Gasteiger partial charge on any atom is 0.251 e. The highest BCUT2D eigenvalue weighted by atomic mass is 16.5. The van der Waals surface area contributed by atoms with Crippen molar-refractivity contribution in [2.24, 2.45) is 0 Å². The van der Waals surface area contributed by atoms with Crippen molar-refractivity contribution in [1.29, 1.82) is 0 Å². The van der Waals surface area contributed by atoms with Crippen molar-refractivity contribution in [2.45, 2.75) is 38.1 Å². The quantitative estimate of drug-likeness (QED) is 0.816. The molecule has 0 unspecified atom stereocenters. The highest BCUT2D eigenvalue weighted by molar-refractivity contribution is 5.94. The third-order valence-corrected chi connectivity index (χ3v) is 6.17. The zero-order chi connectivity index (χ0) is 19.6. The number of fused-ring (bicyclic) bond motifs is 1. The van der Waals surface area contributed by atoms with Gasteiger partial charge in [0, 0.05) is 30.4 Å². The molecule has 1 aliphatic heterocycles. The molecule has 3 aliphatic rings. The Labute approximate surface area is 171 Å².